The van der Waals surface area contributed by atoms with Gasteiger partial charge in [0.2, 0.25) is 0 Å². The molecule has 2 heterocycles. The third-order valence-corrected chi connectivity index (χ3v) is 3.64. The number of rotatable bonds is 8. The van der Waals surface area contributed by atoms with Crippen molar-refractivity contribution in [3.63, 3.8) is 0 Å². The van der Waals surface area contributed by atoms with Gasteiger partial charge in [0, 0.05) is 25.1 Å². The topological polar surface area (TPSA) is 117 Å². The molecule has 22 heavy (non-hydrogen) atoms. The zero-order valence-corrected chi connectivity index (χ0v) is 12.7. The van der Waals surface area contributed by atoms with Crippen LogP contribution in [0.25, 0.3) is 0 Å². The van der Waals surface area contributed by atoms with E-state index in [2.05, 4.69) is 30.9 Å². The van der Waals surface area contributed by atoms with E-state index in [1.807, 2.05) is 26.1 Å². The molecule has 2 aromatic heterocycles. The molecule has 118 valence electrons. The largest absolute Gasteiger partial charge is 0.481 e. The van der Waals surface area contributed by atoms with E-state index in [4.69, 9.17) is 0 Å². The van der Waals surface area contributed by atoms with Crippen LogP contribution in [0.5, 0.6) is 0 Å². The lowest BCUT2D eigenvalue weighted by Gasteiger charge is -2.20. The minimum Gasteiger partial charge on any atom is -0.481 e. The second kappa shape index (κ2) is 7.48. The first-order valence-electron chi connectivity index (χ1n) is 7.24. The number of tetrazole rings is 1. The molecule has 2 aromatic rings. The summed E-state index contributed by atoms with van der Waals surface area (Å²) in [5.74, 6) is -1.35. The second-order valence-electron chi connectivity index (χ2n) is 5.10. The SMILES string of the molecule is CCCC(C(=O)O)[C@H](Cc1ccc(NC)cn1)c1nn[nH]n1. The highest BCUT2D eigenvalue weighted by Crippen LogP contribution is 2.29. The van der Waals surface area contributed by atoms with Crippen molar-refractivity contribution >= 4 is 11.7 Å². The summed E-state index contributed by atoms with van der Waals surface area (Å²) in [5, 5.41) is 26.4. The number of pyridine rings is 1. The molecule has 3 N–H and O–H groups in total. The van der Waals surface area contributed by atoms with Crippen LogP contribution in [-0.4, -0.2) is 43.7 Å². The maximum atomic E-state index is 11.6. The molecule has 2 atom stereocenters. The number of nitrogens with one attached hydrogen (secondary N) is 2. The molecule has 0 saturated heterocycles. The van der Waals surface area contributed by atoms with E-state index in [1.165, 1.54) is 0 Å². The van der Waals surface area contributed by atoms with Crippen LogP contribution < -0.4 is 5.32 Å². The number of hydrogen-bond donors (Lipinski definition) is 3. The van der Waals surface area contributed by atoms with Crippen LogP contribution in [0.4, 0.5) is 5.69 Å². The summed E-state index contributed by atoms with van der Waals surface area (Å²) in [4.78, 5) is 16.0. The number of hydrogen-bond acceptors (Lipinski definition) is 6. The van der Waals surface area contributed by atoms with Crippen LogP contribution in [0.15, 0.2) is 18.3 Å². The molecule has 0 aliphatic rings. The summed E-state index contributed by atoms with van der Waals surface area (Å²) in [6.45, 7) is 1.96. The maximum absolute atomic E-state index is 11.6. The highest BCUT2D eigenvalue weighted by Gasteiger charge is 2.32. The van der Waals surface area contributed by atoms with Gasteiger partial charge in [0.1, 0.15) is 0 Å². The van der Waals surface area contributed by atoms with Gasteiger partial charge in [-0.25, -0.2) is 0 Å². The summed E-state index contributed by atoms with van der Waals surface area (Å²) in [7, 11) is 1.82. The van der Waals surface area contributed by atoms with E-state index >= 15 is 0 Å². The quantitative estimate of drug-likeness (QED) is 0.676. The van der Waals surface area contributed by atoms with Crippen molar-refractivity contribution in [1.82, 2.24) is 25.6 Å². The number of aromatic nitrogens is 5. The molecule has 0 aliphatic carbocycles. The van der Waals surface area contributed by atoms with Gasteiger partial charge in [-0.3, -0.25) is 9.78 Å². The van der Waals surface area contributed by atoms with Crippen molar-refractivity contribution in [3.05, 3.63) is 29.8 Å². The van der Waals surface area contributed by atoms with Crippen LogP contribution >= 0.6 is 0 Å². The van der Waals surface area contributed by atoms with Gasteiger partial charge in [0.05, 0.1) is 17.8 Å². The van der Waals surface area contributed by atoms with Gasteiger partial charge < -0.3 is 10.4 Å². The normalized spacial score (nSPS) is 13.5. The number of aliphatic carboxylic acids is 1. The van der Waals surface area contributed by atoms with Crippen LogP contribution in [0.3, 0.4) is 0 Å². The Morgan fingerprint density at radius 3 is 2.77 bits per heavy atom. The van der Waals surface area contributed by atoms with Crippen LogP contribution in [0.1, 0.15) is 37.2 Å². The molecule has 2 rings (SSSR count). The molecule has 8 nitrogen and oxygen atoms in total. The van der Waals surface area contributed by atoms with Gasteiger partial charge in [-0.05, 0) is 18.6 Å². The fourth-order valence-corrected chi connectivity index (χ4v) is 2.47. The third-order valence-electron chi connectivity index (χ3n) is 3.64. The molecule has 0 amide bonds. The first-order valence-corrected chi connectivity index (χ1v) is 7.24. The zero-order valence-electron chi connectivity index (χ0n) is 12.7. The number of nitrogens with zero attached hydrogens (tertiary/aromatic N) is 4. The van der Waals surface area contributed by atoms with Crippen molar-refractivity contribution in [3.8, 4) is 0 Å². The number of carboxylic acids is 1. The van der Waals surface area contributed by atoms with Gasteiger partial charge in [-0.15, -0.1) is 10.2 Å². The van der Waals surface area contributed by atoms with Crippen LogP contribution in [0, 0.1) is 5.92 Å². The van der Waals surface area contributed by atoms with E-state index in [9.17, 15) is 9.90 Å². The Hall–Kier alpha value is -2.51. The molecule has 0 aromatic carbocycles. The fourth-order valence-electron chi connectivity index (χ4n) is 2.47. The second-order valence-corrected chi connectivity index (χ2v) is 5.10. The number of H-pyrrole nitrogens is 1. The Morgan fingerprint density at radius 1 is 1.45 bits per heavy atom. The lowest BCUT2D eigenvalue weighted by Crippen LogP contribution is -2.25. The first-order chi connectivity index (χ1) is 10.7. The van der Waals surface area contributed by atoms with Crippen molar-refractivity contribution in [2.45, 2.75) is 32.1 Å². The van der Waals surface area contributed by atoms with E-state index < -0.39 is 11.9 Å². The monoisotopic (exact) mass is 304 g/mol. The zero-order chi connectivity index (χ0) is 15.9. The molecule has 0 spiro atoms. The molecule has 1 unspecified atom stereocenters. The summed E-state index contributed by atoms with van der Waals surface area (Å²) in [6.07, 6.45) is 3.51. The van der Waals surface area contributed by atoms with Gasteiger partial charge in [-0.2, -0.15) is 5.21 Å². The Balaban J connectivity index is 2.25. The molecule has 0 bridgehead atoms. The van der Waals surface area contributed by atoms with Crippen molar-refractivity contribution < 1.29 is 9.90 Å². The van der Waals surface area contributed by atoms with E-state index in [-0.39, 0.29) is 5.92 Å². The van der Waals surface area contributed by atoms with Gasteiger partial charge in [-0.1, -0.05) is 18.6 Å². The number of carbonyl (C=O) groups is 1. The average Bonchev–Trinajstić information content (AvgIpc) is 3.05. The molecule has 0 radical (unpaired) electrons. The highest BCUT2D eigenvalue weighted by molar-refractivity contribution is 5.71. The molecule has 0 saturated carbocycles. The summed E-state index contributed by atoms with van der Waals surface area (Å²) in [6, 6.07) is 3.79. The molecule has 0 fully saturated rings. The van der Waals surface area contributed by atoms with E-state index in [0.29, 0.717) is 18.7 Å². The summed E-state index contributed by atoms with van der Waals surface area (Å²) in [5.41, 5.74) is 1.71. The summed E-state index contributed by atoms with van der Waals surface area (Å²) >= 11 is 0. The van der Waals surface area contributed by atoms with E-state index in [1.54, 1.807) is 6.20 Å². The van der Waals surface area contributed by atoms with Crippen molar-refractivity contribution in [2.75, 3.05) is 12.4 Å². The maximum Gasteiger partial charge on any atom is 0.307 e. The number of carboxylic acid groups (broad SMARTS) is 1. The molecular weight excluding hydrogens is 284 g/mol. The lowest BCUT2D eigenvalue weighted by atomic mass is 9.84. The lowest BCUT2D eigenvalue weighted by molar-refractivity contribution is -0.143. The Kier molecular flexibility index (Phi) is 5.40. The number of aromatic amines is 1. The smallest absolute Gasteiger partial charge is 0.307 e. The minimum atomic E-state index is -0.844. The minimum absolute atomic E-state index is 0.357. The van der Waals surface area contributed by atoms with Crippen LogP contribution in [-0.2, 0) is 11.2 Å². The molecular formula is C14H20N6O2. The van der Waals surface area contributed by atoms with Gasteiger partial charge in [0.25, 0.3) is 0 Å². The Labute approximate surface area is 128 Å². The Bertz CT molecular complexity index is 584. The van der Waals surface area contributed by atoms with Gasteiger partial charge in [0.15, 0.2) is 5.82 Å². The summed E-state index contributed by atoms with van der Waals surface area (Å²) < 4.78 is 0. The third kappa shape index (κ3) is 3.78. The predicted molar refractivity (Wildman–Crippen MR) is 80.4 cm³/mol. The standard InChI is InChI=1S/C14H20N6O2/c1-3-4-11(14(21)22)12(13-17-19-20-18-13)7-9-5-6-10(15-2)8-16-9/h5-6,8,11-12,15H,3-4,7H2,1-2H3,(H,21,22)(H,17,18,19,20)/t11?,12-/m0/s1. The van der Waals surface area contributed by atoms with Crippen LogP contribution in [0.2, 0.25) is 0 Å². The predicted octanol–water partition coefficient (Wildman–Crippen LogP) is 1.46. The molecule has 0 aliphatic heterocycles. The van der Waals surface area contributed by atoms with Crippen molar-refractivity contribution in [1.29, 1.82) is 0 Å². The fraction of sp³-hybridized carbons (Fsp3) is 0.500. The number of anilines is 1. The van der Waals surface area contributed by atoms with E-state index in [0.717, 1.165) is 17.8 Å². The average molecular weight is 304 g/mol. The first kappa shape index (κ1) is 15.9. The van der Waals surface area contributed by atoms with Crippen molar-refractivity contribution in [2.24, 2.45) is 5.92 Å². The van der Waals surface area contributed by atoms with Gasteiger partial charge >= 0.3 is 5.97 Å². The Morgan fingerprint density at radius 2 is 2.27 bits per heavy atom. The molecule has 8 heteroatoms. The highest BCUT2D eigenvalue weighted by atomic mass is 16.4.